The van der Waals surface area contributed by atoms with E-state index in [2.05, 4.69) is 0 Å². The highest BCUT2D eigenvalue weighted by atomic mass is 35.5. The number of Topliss-reactive ketones (excluding diaryl/α,β-unsaturated/α-hetero) is 1. The van der Waals surface area contributed by atoms with Crippen molar-refractivity contribution < 1.29 is 9.18 Å². The molecule has 0 unspecified atom stereocenters. The molecule has 2 aromatic carbocycles. The molecule has 92 valence electrons. The molecule has 0 spiro atoms. The highest BCUT2D eigenvalue weighted by molar-refractivity contribution is 6.31. The van der Waals surface area contributed by atoms with Gasteiger partial charge in [0.15, 0.2) is 5.78 Å². The monoisotopic (exact) mass is 262 g/mol. The third-order valence-electron chi connectivity index (χ3n) is 2.73. The molecule has 0 atom stereocenters. The standard InChI is InChI=1S/C15H12ClFO/c16-13-10-12(7-8-14(13)17)15(18)9-6-11-4-2-1-3-5-11/h1-5,7-8,10H,6,9H2. The second-order valence-electron chi connectivity index (χ2n) is 4.04. The zero-order valence-corrected chi connectivity index (χ0v) is 10.5. The van der Waals surface area contributed by atoms with Gasteiger partial charge in [-0.15, -0.1) is 0 Å². The van der Waals surface area contributed by atoms with Crippen LogP contribution in [0, 0.1) is 5.82 Å². The molecular formula is C15H12ClFO. The van der Waals surface area contributed by atoms with Crippen molar-refractivity contribution in [3.8, 4) is 0 Å². The van der Waals surface area contributed by atoms with Crippen molar-refractivity contribution in [1.82, 2.24) is 0 Å². The van der Waals surface area contributed by atoms with Crippen LogP contribution in [0.5, 0.6) is 0 Å². The first-order valence-electron chi connectivity index (χ1n) is 5.69. The van der Waals surface area contributed by atoms with Gasteiger partial charge in [-0.2, -0.15) is 0 Å². The van der Waals surface area contributed by atoms with Crippen LogP contribution in [0.3, 0.4) is 0 Å². The van der Waals surface area contributed by atoms with E-state index >= 15 is 0 Å². The van der Waals surface area contributed by atoms with E-state index in [1.165, 1.54) is 18.2 Å². The molecule has 0 aromatic heterocycles. The van der Waals surface area contributed by atoms with Crippen LogP contribution in [0.1, 0.15) is 22.3 Å². The van der Waals surface area contributed by atoms with Gasteiger partial charge in [0.1, 0.15) is 5.82 Å². The fourth-order valence-electron chi connectivity index (χ4n) is 1.72. The van der Waals surface area contributed by atoms with Gasteiger partial charge < -0.3 is 0 Å². The summed E-state index contributed by atoms with van der Waals surface area (Å²) in [5.41, 5.74) is 1.57. The van der Waals surface area contributed by atoms with Crippen LogP contribution in [-0.2, 0) is 6.42 Å². The summed E-state index contributed by atoms with van der Waals surface area (Å²) < 4.78 is 13.0. The first-order chi connectivity index (χ1) is 8.66. The maximum atomic E-state index is 13.0. The van der Waals surface area contributed by atoms with E-state index in [1.807, 2.05) is 30.3 Å². The molecule has 0 saturated heterocycles. The van der Waals surface area contributed by atoms with Crippen LogP contribution in [-0.4, -0.2) is 5.78 Å². The highest BCUT2D eigenvalue weighted by Crippen LogP contribution is 2.17. The lowest BCUT2D eigenvalue weighted by Gasteiger charge is -2.03. The number of halogens is 2. The molecule has 2 rings (SSSR count). The van der Waals surface area contributed by atoms with E-state index in [9.17, 15) is 9.18 Å². The molecule has 0 aliphatic carbocycles. The summed E-state index contributed by atoms with van der Waals surface area (Å²) in [4.78, 5) is 11.9. The van der Waals surface area contributed by atoms with Crippen molar-refractivity contribution in [2.75, 3.05) is 0 Å². The van der Waals surface area contributed by atoms with Crippen molar-refractivity contribution >= 4 is 17.4 Å². The molecule has 0 saturated carbocycles. The van der Waals surface area contributed by atoms with E-state index < -0.39 is 5.82 Å². The van der Waals surface area contributed by atoms with E-state index in [0.717, 1.165) is 5.56 Å². The summed E-state index contributed by atoms with van der Waals surface area (Å²) in [7, 11) is 0. The fraction of sp³-hybridized carbons (Fsp3) is 0.133. The number of hydrogen-bond donors (Lipinski definition) is 0. The molecule has 3 heteroatoms. The quantitative estimate of drug-likeness (QED) is 0.751. The van der Waals surface area contributed by atoms with Crippen LogP contribution in [0.4, 0.5) is 4.39 Å². The highest BCUT2D eigenvalue weighted by Gasteiger charge is 2.08. The van der Waals surface area contributed by atoms with Crippen molar-refractivity contribution in [1.29, 1.82) is 0 Å². The minimum atomic E-state index is -0.503. The molecule has 18 heavy (non-hydrogen) atoms. The molecule has 0 fully saturated rings. The second-order valence-corrected chi connectivity index (χ2v) is 4.44. The lowest BCUT2D eigenvalue weighted by atomic mass is 10.0. The summed E-state index contributed by atoms with van der Waals surface area (Å²) in [6, 6.07) is 13.8. The van der Waals surface area contributed by atoms with Gasteiger partial charge in [-0.05, 0) is 30.2 Å². The van der Waals surface area contributed by atoms with Crippen LogP contribution in [0.15, 0.2) is 48.5 Å². The predicted molar refractivity (Wildman–Crippen MR) is 70.5 cm³/mol. The largest absolute Gasteiger partial charge is 0.294 e. The summed E-state index contributed by atoms with van der Waals surface area (Å²) in [5.74, 6) is -0.531. The molecule has 0 radical (unpaired) electrons. The number of carbonyl (C=O) groups is 1. The van der Waals surface area contributed by atoms with Crippen molar-refractivity contribution in [3.63, 3.8) is 0 Å². The van der Waals surface area contributed by atoms with Gasteiger partial charge in [0.2, 0.25) is 0 Å². The maximum Gasteiger partial charge on any atom is 0.163 e. The number of ketones is 1. The average molecular weight is 263 g/mol. The van der Waals surface area contributed by atoms with Gasteiger partial charge in [-0.3, -0.25) is 4.79 Å². The van der Waals surface area contributed by atoms with Crippen LogP contribution in [0.2, 0.25) is 5.02 Å². The maximum absolute atomic E-state index is 13.0. The first kappa shape index (κ1) is 12.8. The number of carbonyl (C=O) groups excluding carboxylic acids is 1. The van der Waals surface area contributed by atoms with Crippen molar-refractivity contribution in [3.05, 3.63) is 70.5 Å². The SMILES string of the molecule is O=C(CCc1ccccc1)c1ccc(F)c(Cl)c1. The van der Waals surface area contributed by atoms with Crippen LogP contribution in [0.25, 0.3) is 0 Å². The molecule has 1 nitrogen and oxygen atoms in total. The fourth-order valence-corrected chi connectivity index (χ4v) is 1.90. The molecule has 2 aromatic rings. The Labute approximate surface area is 110 Å². The van der Waals surface area contributed by atoms with Crippen LogP contribution >= 0.6 is 11.6 Å². The number of rotatable bonds is 4. The Morgan fingerprint density at radius 2 is 1.83 bits per heavy atom. The Balaban J connectivity index is 2.02. The third-order valence-corrected chi connectivity index (χ3v) is 3.01. The van der Waals surface area contributed by atoms with Gasteiger partial charge in [0, 0.05) is 12.0 Å². The Bertz CT molecular complexity index is 552. The molecule has 0 amide bonds. The molecule has 0 heterocycles. The first-order valence-corrected chi connectivity index (χ1v) is 6.07. The van der Waals surface area contributed by atoms with Gasteiger partial charge in [0.05, 0.1) is 5.02 Å². The van der Waals surface area contributed by atoms with E-state index in [4.69, 9.17) is 11.6 Å². The smallest absolute Gasteiger partial charge is 0.163 e. The molecule has 0 N–H and O–H groups in total. The number of benzene rings is 2. The lowest BCUT2D eigenvalue weighted by molar-refractivity contribution is 0.0983. The zero-order valence-electron chi connectivity index (χ0n) is 9.70. The lowest BCUT2D eigenvalue weighted by Crippen LogP contribution is -2.01. The number of hydrogen-bond acceptors (Lipinski definition) is 1. The van der Waals surface area contributed by atoms with Gasteiger partial charge in [-0.1, -0.05) is 41.9 Å². The molecule has 0 aliphatic heterocycles. The average Bonchev–Trinajstić information content (AvgIpc) is 2.40. The second kappa shape index (κ2) is 5.78. The number of aryl methyl sites for hydroxylation is 1. The third kappa shape index (κ3) is 3.17. The van der Waals surface area contributed by atoms with Crippen LogP contribution < -0.4 is 0 Å². The van der Waals surface area contributed by atoms with E-state index in [-0.39, 0.29) is 10.8 Å². The summed E-state index contributed by atoms with van der Waals surface area (Å²) in [6.07, 6.45) is 1.07. The Hall–Kier alpha value is -1.67. The predicted octanol–water partition coefficient (Wildman–Crippen LogP) is 4.29. The van der Waals surface area contributed by atoms with Gasteiger partial charge >= 0.3 is 0 Å². The molecular weight excluding hydrogens is 251 g/mol. The van der Waals surface area contributed by atoms with Gasteiger partial charge in [0.25, 0.3) is 0 Å². The zero-order chi connectivity index (χ0) is 13.0. The van der Waals surface area contributed by atoms with Gasteiger partial charge in [-0.25, -0.2) is 4.39 Å². The summed E-state index contributed by atoms with van der Waals surface area (Å²) in [5, 5.41) is -0.0134. The van der Waals surface area contributed by atoms with Crippen molar-refractivity contribution in [2.45, 2.75) is 12.8 Å². The van der Waals surface area contributed by atoms with E-state index in [0.29, 0.717) is 18.4 Å². The summed E-state index contributed by atoms with van der Waals surface area (Å²) in [6.45, 7) is 0. The Morgan fingerprint density at radius 1 is 1.11 bits per heavy atom. The summed E-state index contributed by atoms with van der Waals surface area (Å²) >= 11 is 5.65. The molecule has 0 bridgehead atoms. The van der Waals surface area contributed by atoms with E-state index in [1.54, 1.807) is 0 Å². The minimum Gasteiger partial charge on any atom is -0.294 e. The Morgan fingerprint density at radius 3 is 2.50 bits per heavy atom. The topological polar surface area (TPSA) is 17.1 Å². The normalized spacial score (nSPS) is 10.3. The molecule has 0 aliphatic rings. The Kier molecular flexibility index (Phi) is 4.11. The minimum absolute atomic E-state index is 0.0134. The van der Waals surface area contributed by atoms with Crippen molar-refractivity contribution in [2.24, 2.45) is 0 Å².